The summed E-state index contributed by atoms with van der Waals surface area (Å²) in [5.74, 6) is -0.0553. The number of benzene rings is 1. The molecule has 1 saturated heterocycles. The van der Waals surface area contributed by atoms with Crippen molar-refractivity contribution in [3.05, 3.63) is 53.7 Å². The van der Waals surface area contributed by atoms with Crippen LogP contribution in [0.1, 0.15) is 30.0 Å². The molecule has 6 nitrogen and oxygen atoms in total. The quantitative estimate of drug-likeness (QED) is 0.795. The summed E-state index contributed by atoms with van der Waals surface area (Å²) in [6, 6.07) is 6.09. The van der Waals surface area contributed by atoms with Gasteiger partial charge in [0.1, 0.15) is 11.3 Å². The zero-order valence-electron chi connectivity index (χ0n) is 13.7. The van der Waals surface area contributed by atoms with Crippen molar-refractivity contribution < 1.29 is 9.18 Å². The van der Waals surface area contributed by atoms with Crippen LogP contribution in [0.15, 0.2) is 36.7 Å². The number of halogens is 1. The second-order valence-electron chi connectivity index (χ2n) is 6.35. The zero-order valence-corrected chi connectivity index (χ0v) is 13.7. The van der Waals surface area contributed by atoms with Gasteiger partial charge in [0, 0.05) is 31.4 Å². The van der Waals surface area contributed by atoms with Crippen molar-refractivity contribution in [1.82, 2.24) is 25.1 Å². The number of likely N-dealkylation sites (tertiary alicyclic amines) is 1. The Morgan fingerprint density at radius 3 is 2.88 bits per heavy atom. The maximum Gasteiger partial charge on any atom is 0.227 e. The smallest absolute Gasteiger partial charge is 0.227 e. The first-order valence-electron chi connectivity index (χ1n) is 8.38. The molecule has 3 heterocycles. The third kappa shape index (κ3) is 3.22. The summed E-state index contributed by atoms with van der Waals surface area (Å²) < 4.78 is 13.0. The van der Waals surface area contributed by atoms with Gasteiger partial charge in [-0.15, -0.1) is 0 Å². The molecule has 7 heteroatoms. The van der Waals surface area contributed by atoms with E-state index in [2.05, 4.69) is 20.2 Å². The molecule has 2 aromatic heterocycles. The molecule has 1 aliphatic rings. The largest absolute Gasteiger partial charge is 0.342 e. The number of piperidine rings is 1. The number of carbonyl (C=O) groups is 1. The van der Waals surface area contributed by atoms with Gasteiger partial charge in [0.2, 0.25) is 5.91 Å². The summed E-state index contributed by atoms with van der Waals surface area (Å²) in [5.41, 5.74) is 3.15. The number of hydrogen-bond donors (Lipinski definition) is 1. The first-order chi connectivity index (χ1) is 12.2. The number of aromatic nitrogens is 4. The molecule has 1 amide bonds. The van der Waals surface area contributed by atoms with Gasteiger partial charge in [0.05, 0.1) is 12.1 Å². The van der Waals surface area contributed by atoms with E-state index in [1.54, 1.807) is 24.5 Å². The van der Waals surface area contributed by atoms with Gasteiger partial charge in [-0.05, 0) is 30.5 Å². The highest BCUT2D eigenvalue weighted by Gasteiger charge is 2.27. The fourth-order valence-electron chi connectivity index (χ4n) is 3.38. The van der Waals surface area contributed by atoms with Crippen LogP contribution in [-0.2, 0) is 11.2 Å². The molecule has 1 aromatic carbocycles. The average Bonchev–Trinajstić information content (AvgIpc) is 3.08. The van der Waals surface area contributed by atoms with Crippen LogP contribution >= 0.6 is 0 Å². The zero-order chi connectivity index (χ0) is 17.2. The molecule has 1 fully saturated rings. The molecular formula is C18H18FN5O. The molecule has 3 aromatic rings. The van der Waals surface area contributed by atoms with Crippen LogP contribution in [-0.4, -0.2) is 44.1 Å². The fraction of sp³-hybridized carbons (Fsp3) is 0.333. The van der Waals surface area contributed by atoms with Crippen molar-refractivity contribution in [2.45, 2.75) is 25.2 Å². The van der Waals surface area contributed by atoms with Crippen LogP contribution in [0.25, 0.3) is 11.2 Å². The van der Waals surface area contributed by atoms with Gasteiger partial charge >= 0.3 is 0 Å². The standard InChI is InChI=1S/C18H18FN5O/c19-14-5-3-12(4-6-14)10-15(25)24-9-1-2-13(11-24)16-17-18(23-22-16)21-8-7-20-17/h3-8,13H,1-2,9-11H2,(H,21,22,23)/t13-/m1/s1. The Bertz CT molecular complexity index is 892. The Hall–Kier alpha value is -2.83. The lowest BCUT2D eigenvalue weighted by molar-refractivity contribution is -0.131. The van der Waals surface area contributed by atoms with Crippen LogP contribution in [0, 0.1) is 5.82 Å². The number of fused-ring (bicyclic) bond motifs is 1. The molecule has 0 spiro atoms. The molecule has 4 rings (SSSR count). The Morgan fingerprint density at radius 1 is 1.24 bits per heavy atom. The Labute approximate surface area is 144 Å². The van der Waals surface area contributed by atoms with Crippen molar-refractivity contribution >= 4 is 17.1 Å². The SMILES string of the molecule is O=C(Cc1ccc(F)cc1)N1CCC[C@@H](c2[nH]nc3nccnc23)C1. The summed E-state index contributed by atoms with van der Waals surface area (Å²) in [4.78, 5) is 23.0. The summed E-state index contributed by atoms with van der Waals surface area (Å²) in [7, 11) is 0. The number of carbonyl (C=O) groups excluding carboxylic acids is 1. The second-order valence-corrected chi connectivity index (χ2v) is 6.35. The summed E-state index contributed by atoms with van der Waals surface area (Å²) in [5, 5.41) is 7.25. The van der Waals surface area contributed by atoms with Crippen molar-refractivity contribution in [2.24, 2.45) is 0 Å². The first kappa shape index (κ1) is 15.7. The Balaban J connectivity index is 1.49. The molecule has 25 heavy (non-hydrogen) atoms. The van der Waals surface area contributed by atoms with Gasteiger partial charge in [-0.1, -0.05) is 12.1 Å². The van der Waals surface area contributed by atoms with Crippen LogP contribution in [0.5, 0.6) is 0 Å². The summed E-state index contributed by atoms with van der Waals surface area (Å²) in [6.07, 6.45) is 5.47. The third-order valence-electron chi connectivity index (χ3n) is 4.67. The van der Waals surface area contributed by atoms with Crippen LogP contribution in [0.3, 0.4) is 0 Å². The molecule has 1 N–H and O–H groups in total. The van der Waals surface area contributed by atoms with Gasteiger partial charge in [-0.25, -0.2) is 14.4 Å². The Kier molecular flexibility index (Phi) is 4.13. The van der Waals surface area contributed by atoms with E-state index in [4.69, 9.17) is 0 Å². The molecule has 0 bridgehead atoms. The number of nitrogens with zero attached hydrogens (tertiary/aromatic N) is 4. The van der Waals surface area contributed by atoms with E-state index < -0.39 is 0 Å². The van der Waals surface area contributed by atoms with Crippen LogP contribution in [0.2, 0.25) is 0 Å². The van der Waals surface area contributed by atoms with E-state index in [-0.39, 0.29) is 24.1 Å². The number of aromatic amines is 1. The fourth-order valence-corrected chi connectivity index (χ4v) is 3.38. The number of nitrogens with one attached hydrogen (secondary N) is 1. The maximum absolute atomic E-state index is 13.0. The molecule has 128 valence electrons. The van der Waals surface area contributed by atoms with Crippen LogP contribution in [0.4, 0.5) is 4.39 Å². The highest BCUT2D eigenvalue weighted by molar-refractivity contribution is 5.79. The van der Waals surface area contributed by atoms with Gasteiger partial charge in [0.25, 0.3) is 0 Å². The molecule has 0 unspecified atom stereocenters. The molecule has 0 saturated carbocycles. The van der Waals surface area contributed by atoms with Crippen molar-refractivity contribution in [1.29, 1.82) is 0 Å². The third-order valence-corrected chi connectivity index (χ3v) is 4.67. The Morgan fingerprint density at radius 2 is 2.04 bits per heavy atom. The average molecular weight is 339 g/mol. The van der Waals surface area contributed by atoms with Crippen molar-refractivity contribution in [3.8, 4) is 0 Å². The highest BCUT2D eigenvalue weighted by Crippen LogP contribution is 2.29. The second kappa shape index (κ2) is 6.58. The van der Waals surface area contributed by atoms with Gasteiger partial charge in [-0.2, -0.15) is 5.10 Å². The molecular weight excluding hydrogens is 321 g/mol. The normalized spacial score (nSPS) is 17.8. The summed E-state index contributed by atoms with van der Waals surface area (Å²) >= 11 is 0. The summed E-state index contributed by atoms with van der Waals surface area (Å²) in [6.45, 7) is 1.38. The van der Waals surface area contributed by atoms with E-state index in [9.17, 15) is 9.18 Å². The maximum atomic E-state index is 13.0. The van der Waals surface area contributed by atoms with Crippen LogP contribution < -0.4 is 0 Å². The molecule has 0 aliphatic carbocycles. The van der Waals surface area contributed by atoms with Gasteiger partial charge in [-0.3, -0.25) is 9.89 Å². The van der Waals surface area contributed by atoms with E-state index in [1.165, 1.54) is 12.1 Å². The highest BCUT2D eigenvalue weighted by atomic mass is 19.1. The topological polar surface area (TPSA) is 74.8 Å². The number of H-pyrrole nitrogens is 1. The van der Waals surface area contributed by atoms with Gasteiger partial charge in [0.15, 0.2) is 5.65 Å². The van der Waals surface area contributed by atoms with E-state index in [0.29, 0.717) is 12.2 Å². The monoisotopic (exact) mass is 339 g/mol. The number of amides is 1. The number of rotatable bonds is 3. The lowest BCUT2D eigenvalue weighted by Gasteiger charge is -2.32. The van der Waals surface area contributed by atoms with Crippen molar-refractivity contribution in [3.63, 3.8) is 0 Å². The minimum absolute atomic E-state index is 0.0613. The lowest BCUT2D eigenvalue weighted by atomic mass is 9.94. The first-order valence-corrected chi connectivity index (χ1v) is 8.38. The lowest BCUT2D eigenvalue weighted by Crippen LogP contribution is -2.40. The predicted octanol–water partition coefficient (Wildman–Crippen LogP) is 2.44. The number of hydrogen-bond acceptors (Lipinski definition) is 4. The van der Waals surface area contributed by atoms with Gasteiger partial charge < -0.3 is 4.90 Å². The van der Waals surface area contributed by atoms with E-state index in [1.807, 2.05) is 4.90 Å². The van der Waals surface area contributed by atoms with Crippen molar-refractivity contribution in [2.75, 3.05) is 13.1 Å². The minimum Gasteiger partial charge on any atom is -0.342 e. The van der Waals surface area contributed by atoms with E-state index in [0.717, 1.165) is 36.2 Å². The predicted molar refractivity (Wildman–Crippen MR) is 90.3 cm³/mol. The van der Waals surface area contributed by atoms with E-state index >= 15 is 0 Å². The molecule has 1 atom stereocenters. The molecule has 0 radical (unpaired) electrons. The minimum atomic E-state index is -0.290. The molecule has 1 aliphatic heterocycles.